The highest BCUT2D eigenvalue weighted by atomic mass is 16.7. The highest BCUT2D eigenvalue weighted by Crippen LogP contribution is 2.48. The molecule has 3 aromatic carbocycles. The Morgan fingerprint density at radius 3 is 2.28 bits per heavy atom. The molecule has 2 aliphatic rings. The summed E-state index contributed by atoms with van der Waals surface area (Å²) in [6.07, 6.45) is -0.0450. The van der Waals surface area contributed by atoms with E-state index in [4.69, 9.17) is 14.3 Å². The molecule has 0 bridgehead atoms. The molecular formula is C29H30N2O5. The average molecular weight is 487 g/mol. The number of carbonyl (C=O) groups is 2. The largest absolute Gasteiger partial charge is 0.490 e. The number of fused-ring (bicyclic) bond motifs is 1. The first-order valence-electron chi connectivity index (χ1n) is 12.4. The summed E-state index contributed by atoms with van der Waals surface area (Å²) in [7, 11) is 0. The van der Waals surface area contributed by atoms with E-state index in [0.29, 0.717) is 30.4 Å². The van der Waals surface area contributed by atoms with Gasteiger partial charge >= 0.3 is 0 Å². The van der Waals surface area contributed by atoms with Crippen LogP contribution in [0.2, 0.25) is 0 Å². The maximum atomic E-state index is 13.8. The van der Waals surface area contributed by atoms with Crippen LogP contribution >= 0.6 is 0 Å². The predicted octanol–water partition coefficient (Wildman–Crippen LogP) is 5.23. The Labute approximate surface area is 211 Å². The minimum atomic E-state index is -0.921. The number of aryl methyl sites for hydroxylation is 1. The number of hydrogen-bond acceptors (Lipinski definition) is 6. The lowest BCUT2D eigenvalue weighted by molar-refractivity contribution is -0.126. The van der Waals surface area contributed by atoms with E-state index in [0.717, 1.165) is 23.2 Å². The molecule has 2 aliphatic heterocycles. The lowest BCUT2D eigenvalue weighted by atomic mass is 9.90. The van der Waals surface area contributed by atoms with Gasteiger partial charge in [-0.3, -0.25) is 14.4 Å². The summed E-state index contributed by atoms with van der Waals surface area (Å²) < 4.78 is 11.8. The molecule has 7 nitrogen and oxygen atoms in total. The summed E-state index contributed by atoms with van der Waals surface area (Å²) in [6, 6.07) is 22.1. The number of amides is 2. The monoisotopic (exact) mass is 486 g/mol. The molecule has 3 atom stereocenters. The number of hydrogen-bond donors (Lipinski definition) is 0. The van der Waals surface area contributed by atoms with Crippen molar-refractivity contribution in [1.29, 1.82) is 0 Å². The summed E-state index contributed by atoms with van der Waals surface area (Å²) in [6.45, 7) is 6.98. The SMILES string of the molecule is CCCOc1ccc([C@@H]2[C@@H]3C(=O)N(c4ccc(C)cc4)C(=O)[C@H]3ON2c2ccccc2)cc1OCC. The molecule has 0 radical (unpaired) electrons. The van der Waals surface area contributed by atoms with Gasteiger partial charge in [-0.25, -0.2) is 9.96 Å². The molecule has 2 heterocycles. The van der Waals surface area contributed by atoms with Gasteiger partial charge in [-0.05, 0) is 62.2 Å². The van der Waals surface area contributed by atoms with Crippen LogP contribution in [0, 0.1) is 12.8 Å². The number of hydroxylamine groups is 1. The van der Waals surface area contributed by atoms with E-state index in [1.54, 1.807) is 17.2 Å². The topological polar surface area (TPSA) is 68.3 Å². The number of rotatable bonds is 8. The molecule has 3 aromatic rings. The van der Waals surface area contributed by atoms with Crippen molar-refractivity contribution in [2.24, 2.45) is 5.92 Å². The molecule has 0 spiro atoms. The average Bonchev–Trinajstić information content (AvgIpc) is 3.40. The van der Waals surface area contributed by atoms with Crippen molar-refractivity contribution in [3.63, 3.8) is 0 Å². The van der Waals surface area contributed by atoms with Crippen molar-refractivity contribution in [3.8, 4) is 11.5 Å². The van der Waals surface area contributed by atoms with Crippen LogP contribution in [0.3, 0.4) is 0 Å². The van der Waals surface area contributed by atoms with Gasteiger partial charge in [-0.2, -0.15) is 0 Å². The van der Waals surface area contributed by atoms with Crippen LogP contribution in [0.5, 0.6) is 11.5 Å². The highest BCUT2D eigenvalue weighted by molar-refractivity contribution is 6.23. The van der Waals surface area contributed by atoms with Gasteiger partial charge in [-0.15, -0.1) is 0 Å². The Morgan fingerprint density at radius 2 is 1.58 bits per heavy atom. The molecule has 186 valence electrons. The number of ether oxygens (including phenoxy) is 2. The van der Waals surface area contributed by atoms with E-state index in [9.17, 15) is 9.59 Å². The molecule has 0 N–H and O–H groups in total. The zero-order chi connectivity index (χ0) is 25.2. The van der Waals surface area contributed by atoms with Crippen LogP contribution in [0.25, 0.3) is 0 Å². The number of para-hydroxylation sites is 1. The van der Waals surface area contributed by atoms with Gasteiger partial charge in [0.1, 0.15) is 5.92 Å². The molecule has 2 amide bonds. The second kappa shape index (κ2) is 10.0. The fraction of sp³-hybridized carbons (Fsp3) is 0.310. The third kappa shape index (κ3) is 4.20. The first-order chi connectivity index (χ1) is 17.5. The van der Waals surface area contributed by atoms with Gasteiger partial charge in [0.15, 0.2) is 17.6 Å². The molecule has 5 rings (SSSR count). The first-order valence-corrected chi connectivity index (χ1v) is 12.4. The maximum absolute atomic E-state index is 13.8. The van der Waals surface area contributed by atoms with E-state index >= 15 is 0 Å². The summed E-state index contributed by atoms with van der Waals surface area (Å²) in [5.74, 6) is -0.0889. The standard InChI is InChI=1S/C29H30N2O5/c1-4-17-35-23-16-13-20(18-24(23)34-5-2)26-25-27(36-31(26)22-9-7-6-8-10-22)29(33)30(28(25)32)21-14-11-19(3)12-15-21/h6-16,18,25-27H,4-5,17H2,1-3H3/t25-,26+,27-/m0/s1. The van der Waals surface area contributed by atoms with Crippen molar-refractivity contribution in [2.45, 2.75) is 39.3 Å². The Bertz CT molecular complexity index is 1240. The lowest BCUT2D eigenvalue weighted by Gasteiger charge is -2.29. The third-order valence-corrected chi connectivity index (χ3v) is 6.49. The van der Waals surface area contributed by atoms with Gasteiger partial charge in [0.05, 0.1) is 30.6 Å². The number of carbonyl (C=O) groups excluding carboxylic acids is 2. The van der Waals surface area contributed by atoms with E-state index in [1.807, 2.05) is 81.4 Å². The van der Waals surface area contributed by atoms with Crippen LogP contribution in [-0.2, 0) is 14.4 Å². The Balaban J connectivity index is 1.57. The van der Waals surface area contributed by atoms with Gasteiger partial charge in [-0.1, -0.05) is 48.9 Å². The number of benzene rings is 3. The van der Waals surface area contributed by atoms with Crippen LogP contribution in [0.1, 0.15) is 37.4 Å². The molecule has 0 saturated carbocycles. The maximum Gasteiger partial charge on any atom is 0.266 e. The van der Waals surface area contributed by atoms with Crippen LogP contribution in [-0.4, -0.2) is 31.1 Å². The summed E-state index contributed by atoms with van der Waals surface area (Å²) in [4.78, 5) is 34.8. The zero-order valence-corrected chi connectivity index (χ0v) is 20.7. The van der Waals surface area contributed by atoms with E-state index < -0.39 is 18.1 Å². The van der Waals surface area contributed by atoms with Crippen molar-refractivity contribution in [2.75, 3.05) is 23.2 Å². The Kier molecular flexibility index (Phi) is 6.65. The van der Waals surface area contributed by atoms with Gasteiger partial charge in [0, 0.05) is 0 Å². The molecular weight excluding hydrogens is 456 g/mol. The Hall–Kier alpha value is -3.84. The molecule has 0 aliphatic carbocycles. The predicted molar refractivity (Wildman–Crippen MR) is 137 cm³/mol. The Morgan fingerprint density at radius 1 is 0.833 bits per heavy atom. The van der Waals surface area contributed by atoms with Crippen molar-refractivity contribution in [3.05, 3.63) is 83.9 Å². The highest BCUT2D eigenvalue weighted by Gasteiger charge is 2.60. The molecule has 7 heteroatoms. The molecule has 0 aromatic heterocycles. The summed E-state index contributed by atoms with van der Waals surface area (Å²) >= 11 is 0. The third-order valence-electron chi connectivity index (χ3n) is 6.49. The second-order valence-electron chi connectivity index (χ2n) is 8.99. The zero-order valence-electron chi connectivity index (χ0n) is 20.7. The number of anilines is 2. The quantitative estimate of drug-likeness (QED) is 0.406. The summed E-state index contributed by atoms with van der Waals surface area (Å²) in [5.41, 5.74) is 3.18. The van der Waals surface area contributed by atoms with Crippen LogP contribution < -0.4 is 19.4 Å². The number of nitrogens with zero attached hydrogens (tertiary/aromatic N) is 2. The minimum Gasteiger partial charge on any atom is -0.490 e. The van der Waals surface area contributed by atoms with Crippen molar-refractivity contribution < 1.29 is 23.9 Å². The second-order valence-corrected chi connectivity index (χ2v) is 8.99. The van der Waals surface area contributed by atoms with Crippen LogP contribution in [0.15, 0.2) is 72.8 Å². The van der Waals surface area contributed by atoms with Gasteiger partial charge in [0.2, 0.25) is 5.91 Å². The van der Waals surface area contributed by atoms with Crippen molar-refractivity contribution in [1.82, 2.24) is 0 Å². The smallest absolute Gasteiger partial charge is 0.266 e. The van der Waals surface area contributed by atoms with E-state index in [2.05, 4.69) is 0 Å². The molecule has 36 heavy (non-hydrogen) atoms. The fourth-order valence-corrected chi connectivity index (χ4v) is 4.81. The minimum absolute atomic E-state index is 0.276. The summed E-state index contributed by atoms with van der Waals surface area (Å²) in [5, 5.41) is 1.69. The molecule has 0 unspecified atom stereocenters. The van der Waals surface area contributed by atoms with E-state index in [1.165, 1.54) is 4.90 Å². The molecule has 2 fully saturated rings. The fourth-order valence-electron chi connectivity index (χ4n) is 4.81. The lowest BCUT2D eigenvalue weighted by Crippen LogP contribution is -2.37. The van der Waals surface area contributed by atoms with Gasteiger partial charge in [0.25, 0.3) is 5.91 Å². The van der Waals surface area contributed by atoms with E-state index in [-0.39, 0.29) is 11.8 Å². The van der Waals surface area contributed by atoms with Gasteiger partial charge < -0.3 is 9.47 Å². The van der Waals surface area contributed by atoms with Crippen LogP contribution in [0.4, 0.5) is 11.4 Å². The normalized spacial score (nSPS) is 21.1. The van der Waals surface area contributed by atoms with Crippen molar-refractivity contribution >= 4 is 23.2 Å². The molecule has 2 saturated heterocycles. The number of imide groups is 1. The first kappa shape index (κ1) is 23.9.